The van der Waals surface area contributed by atoms with Crippen molar-refractivity contribution < 1.29 is 22.0 Å². The summed E-state index contributed by atoms with van der Waals surface area (Å²) in [5.74, 6) is 0. The van der Waals surface area contributed by atoms with Crippen LogP contribution >= 0.6 is 0 Å². The first kappa shape index (κ1) is 9.88. The van der Waals surface area contributed by atoms with Gasteiger partial charge in [-0.3, -0.25) is 4.98 Å². The molecule has 0 unspecified atom stereocenters. The summed E-state index contributed by atoms with van der Waals surface area (Å²) in [6.45, 7) is 0. The Balaban J connectivity index is 3.20. The summed E-state index contributed by atoms with van der Waals surface area (Å²) in [6.07, 6.45) is -6.57. The van der Waals surface area contributed by atoms with E-state index in [-0.39, 0.29) is 0 Å². The van der Waals surface area contributed by atoms with Gasteiger partial charge in [0.05, 0.1) is 5.56 Å². The molecule has 0 aromatic carbocycles. The first-order valence-corrected chi connectivity index (χ1v) is 3.22. The molecule has 0 spiro atoms. The maximum atomic E-state index is 12.0. The molecule has 0 aliphatic heterocycles. The lowest BCUT2D eigenvalue weighted by atomic mass is 10.1. The summed E-state index contributed by atoms with van der Waals surface area (Å²) >= 11 is 0. The molecule has 1 nitrogen and oxygen atoms in total. The highest BCUT2D eigenvalue weighted by Crippen LogP contribution is 2.35. The minimum Gasteiger partial charge on any atom is -0.264 e. The molecule has 0 saturated heterocycles. The van der Waals surface area contributed by atoms with E-state index in [0.29, 0.717) is 12.3 Å². The molecule has 72 valence electrons. The third-order valence-electron chi connectivity index (χ3n) is 1.39. The molecular weight excluding hydrogens is 193 g/mol. The van der Waals surface area contributed by atoms with Gasteiger partial charge in [0.1, 0.15) is 0 Å². The Morgan fingerprint density at radius 2 is 1.85 bits per heavy atom. The van der Waals surface area contributed by atoms with E-state index in [0.717, 1.165) is 6.20 Å². The number of halogens is 5. The maximum absolute atomic E-state index is 12.0. The van der Waals surface area contributed by atoms with E-state index in [1.54, 1.807) is 0 Å². The Bertz CT molecular complexity index is 293. The zero-order valence-electron chi connectivity index (χ0n) is 6.15. The number of aromatic nitrogens is 1. The van der Waals surface area contributed by atoms with Crippen molar-refractivity contribution in [2.45, 2.75) is 12.6 Å². The average Bonchev–Trinajstić information content (AvgIpc) is 2.03. The molecule has 0 N–H and O–H groups in total. The topological polar surface area (TPSA) is 12.9 Å². The fourth-order valence-electron chi connectivity index (χ4n) is 0.839. The van der Waals surface area contributed by atoms with E-state index in [2.05, 4.69) is 4.98 Å². The zero-order valence-corrected chi connectivity index (χ0v) is 6.15. The summed E-state index contributed by atoms with van der Waals surface area (Å²) in [4.78, 5) is 3.20. The Kier molecular flexibility index (Phi) is 2.49. The van der Waals surface area contributed by atoms with Crippen LogP contribution in [0.3, 0.4) is 0 Å². The molecule has 0 fully saturated rings. The van der Waals surface area contributed by atoms with Crippen molar-refractivity contribution in [3.05, 3.63) is 29.6 Å². The monoisotopic (exact) mass is 197 g/mol. The lowest BCUT2D eigenvalue weighted by molar-refractivity contribution is -0.139. The van der Waals surface area contributed by atoms with Crippen LogP contribution in [0.15, 0.2) is 18.5 Å². The molecule has 1 rings (SSSR count). The summed E-state index contributed by atoms with van der Waals surface area (Å²) in [5, 5.41) is 0. The molecule has 0 aliphatic rings. The third kappa shape index (κ3) is 2.13. The van der Waals surface area contributed by atoms with Gasteiger partial charge in [-0.2, -0.15) is 13.2 Å². The highest BCUT2D eigenvalue weighted by molar-refractivity contribution is 5.26. The minimum atomic E-state index is -4.76. The maximum Gasteiger partial charge on any atom is 0.416 e. The molecule has 13 heavy (non-hydrogen) atoms. The van der Waals surface area contributed by atoms with Gasteiger partial charge in [-0.05, 0) is 6.07 Å². The first-order chi connectivity index (χ1) is 5.93. The second kappa shape index (κ2) is 3.27. The number of hydrogen-bond donors (Lipinski definition) is 0. The van der Waals surface area contributed by atoms with Crippen LogP contribution in [0, 0.1) is 0 Å². The summed E-state index contributed by atoms with van der Waals surface area (Å²) in [6, 6.07) is 0.529. The molecule has 1 heterocycles. The molecular formula is C7H4F5N. The fraction of sp³-hybridized carbons (Fsp3) is 0.286. The number of pyridine rings is 1. The van der Waals surface area contributed by atoms with E-state index < -0.39 is 23.7 Å². The second-order valence-electron chi connectivity index (χ2n) is 2.26. The molecule has 0 saturated carbocycles. The SMILES string of the molecule is FC(F)c1cnccc1C(F)(F)F. The molecule has 0 aliphatic carbocycles. The van der Waals surface area contributed by atoms with Crippen molar-refractivity contribution in [2.24, 2.45) is 0 Å². The quantitative estimate of drug-likeness (QED) is 0.630. The van der Waals surface area contributed by atoms with Crippen molar-refractivity contribution in [1.82, 2.24) is 4.98 Å². The van der Waals surface area contributed by atoms with Crippen molar-refractivity contribution in [2.75, 3.05) is 0 Å². The molecule has 0 atom stereocenters. The van der Waals surface area contributed by atoms with Crippen LogP contribution in [0.1, 0.15) is 17.6 Å². The largest absolute Gasteiger partial charge is 0.416 e. The number of nitrogens with zero attached hydrogens (tertiary/aromatic N) is 1. The van der Waals surface area contributed by atoms with Crippen molar-refractivity contribution >= 4 is 0 Å². The number of rotatable bonds is 1. The highest BCUT2D eigenvalue weighted by atomic mass is 19.4. The molecule has 0 radical (unpaired) electrons. The van der Waals surface area contributed by atoms with Crippen LogP contribution in [0.5, 0.6) is 0 Å². The third-order valence-corrected chi connectivity index (χ3v) is 1.39. The normalized spacial score (nSPS) is 12.2. The van der Waals surface area contributed by atoms with Crippen LogP contribution in [0.25, 0.3) is 0 Å². The van der Waals surface area contributed by atoms with Crippen LogP contribution in [-0.4, -0.2) is 4.98 Å². The summed E-state index contributed by atoms with van der Waals surface area (Å²) < 4.78 is 60.2. The lowest BCUT2D eigenvalue weighted by Gasteiger charge is -2.10. The minimum absolute atomic E-state index is 0.521. The van der Waals surface area contributed by atoms with E-state index >= 15 is 0 Å². The van der Waals surface area contributed by atoms with Gasteiger partial charge in [0.25, 0.3) is 6.43 Å². The van der Waals surface area contributed by atoms with Gasteiger partial charge in [-0.15, -0.1) is 0 Å². The van der Waals surface area contributed by atoms with E-state index in [1.807, 2.05) is 0 Å². The van der Waals surface area contributed by atoms with Gasteiger partial charge in [-0.25, -0.2) is 8.78 Å². The van der Waals surface area contributed by atoms with Gasteiger partial charge < -0.3 is 0 Å². The lowest BCUT2D eigenvalue weighted by Crippen LogP contribution is -2.09. The van der Waals surface area contributed by atoms with Crippen molar-refractivity contribution in [3.8, 4) is 0 Å². The van der Waals surface area contributed by atoms with E-state index in [4.69, 9.17) is 0 Å². The summed E-state index contributed by atoms with van der Waals surface area (Å²) in [5.41, 5.74) is -2.42. The van der Waals surface area contributed by atoms with Crippen molar-refractivity contribution in [3.63, 3.8) is 0 Å². The van der Waals surface area contributed by atoms with Crippen LogP contribution in [0.2, 0.25) is 0 Å². The van der Waals surface area contributed by atoms with Gasteiger partial charge in [0.2, 0.25) is 0 Å². The molecule has 6 heteroatoms. The van der Waals surface area contributed by atoms with Gasteiger partial charge >= 0.3 is 6.18 Å². The Morgan fingerprint density at radius 1 is 1.23 bits per heavy atom. The van der Waals surface area contributed by atoms with Crippen molar-refractivity contribution in [1.29, 1.82) is 0 Å². The van der Waals surface area contributed by atoms with Gasteiger partial charge in [0.15, 0.2) is 0 Å². The summed E-state index contributed by atoms with van der Waals surface area (Å²) in [7, 11) is 0. The van der Waals surface area contributed by atoms with E-state index in [9.17, 15) is 22.0 Å². The first-order valence-electron chi connectivity index (χ1n) is 3.22. The fourth-order valence-corrected chi connectivity index (χ4v) is 0.839. The Hall–Kier alpha value is -1.20. The van der Waals surface area contributed by atoms with Crippen LogP contribution < -0.4 is 0 Å². The molecule has 1 aromatic rings. The Labute approximate surface area is 70.2 Å². The molecule has 0 amide bonds. The number of alkyl halides is 5. The predicted molar refractivity (Wildman–Crippen MR) is 34.2 cm³/mol. The van der Waals surface area contributed by atoms with Gasteiger partial charge in [0, 0.05) is 18.0 Å². The average molecular weight is 197 g/mol. The van der Waals surface area contributed by atoms with Crippen LogP contribution in [-0.2, 0) is 6.18 Å². The smallest absolute Gasteiger partial charge is 0.264 e. The van der Waals surface area contributed by atoms with Crippen LogP contribution in [0.4, 0.5) is 22.0 Å². The molecule has 0 bridgehead atoms. The standard InChI is InChI=1S/C7H4F5N/c8-6(9)4-3-13-2-1-5(4)7(10,11)12/h1-3,6H. The zero-order chi connectivity index (χ0) is 10.1. The highest BCUT2D eigenvalue weighted by Gasteiger charge is 2.35. The van der Waals surface area contributed by atoms with Gasteiger partial charge in [-0.1, -0.05) is 0 Å². The Morgan fingerprint density at radius 3 is 2.23 bits per heavy atom. The van der Waals surface area contributed by atoms with E-state index in [1.165, 1.54) is 0 Å². The predicted octanol–water partition coefficient (Wildman–Crippen LogP) is 3.04. The molecule has 1 aromatic heterocycles. The second-order valence-corrected chi connectivity index (χ2v) is 2.26. The number of hydrogen-bond acceptors (Lipinski definition) is 1.